The number of fused-ring (bicyclic) bond motifs is 1. The molecule has 2 rings (SSSR count). The van der Waals surface area contributed by atoms with Crippen molar-refractivity contribution in [2.45, 2.75) is 38.3 Å². The van der Waals surface area contributed by atoms with Gasteiger partial charge < -0.3 is 24.2 Å². The zero-order chi connectivity index (χ0) is 20.0. The molecule has 0 bridgehead atoms. The normalized spacial score (nSPS) is 17.0. The Morgan fingerprint density at radius 2 is 2.00 bits per heavy atom. The van der Waals surface area contributed by atoms with Crippen LogP contribution in [0.2, 0.25) is 0 Å². The Labute approximate surface area is 159 Å². The lowest BCUT2D eigenvalue weighted by Gasteiger charge is -2.38. The molecule has 1 amide bonds. The molecule has 0 radical (unpaired) electrons. The minimum absolute atomic E-state index is 0.187. The first-order valence-corrected chi connectivity index (χ1v) is 8.92. The molecule has 1 aromatic carbocycles. The van der Waals surface area contributed by atoms with Crippen LogP contribution in [0.1, 0.15) is 36.9 Å². The molecule has 1 aliphatic rings. The summed E-state index contributed by atoms with van der Waals surface area (Å²) in [4.78, 5) is 26.0. The molecule has 7 heteroatoms. The third-order valence-corrected chi connectivity index (χ3v) is 4.69. The van der Waals surface area contributed by atoms with Crippen LogP contribution >= 0.6 is 0 Å². The van der Waals surface area contributed by atoms with E-state index in [1.54, 1.807) is 31.1 Å². The van der Waals surface area contributed by atoms with Crippen molar-refractivity contribution in [3.8, 4) is 11.5 Å². The number of nitrogens with zero attached hydrogens (tertiary/aromatic N) is 1. The molecule has 7 nitrogen and oxygen atoms in total. The number of carbonyl (C=O) groups is 2. The summed E-state index contributed by atoms with van der Waals surface area (Å²) in [5, 5.41) is 9.39. The predicted molar refractivity (Wildman–Crippen MR) is 100 cm³/mol. The van der Waals surface area contributed by atoms with Gasteiger partial charge in [0, 0.05) is 6.54 Å². The minimum atomic E-state index is -0.972. The van der Waals surface area contributed by atoms with Crippen molar-refractivity contribution in [3.05, 3.63) is 35.9 Å². The molecule has 0 saturated carbocycles. The fourth-order valence-electron chi connectivity index (χ4n) is 3.31. The van der Waals surface area contributed by atoms with Crippen LogP contribution in [-0.4, -0.2) is 55.4 Å². The maximum absolute atomic E-state index is 12.9. The number of rotatable bonds is 9. The molecule has 2 atom stereocenters. The maximum Gasteiger partial charge on any atom is 0.305 e. The second kappa shape index (κ2) is 9.41. The minimum Gasteiger partial charge on any atom is -0.493 e. The van der Waals surface area contributed by atoms with Crippen LogP contribution < -0.4 is 9.47 Å². The number of carboxylic acids is 1. The highest BCUT2D eigenvalue weighted by molar-refractivity contribution is 5.82. The number of carboxylic acid groups (broad SMARTS) is 1. The topological polar surface area (TPSA) is 85.3 Å². The lowest BCUT2D eigenvalue weighted by atomic mass is 9.89. The van der Waals surface area contributed by atoms with Gasteiger partial charge in [-0.2, -0.15) is 0 Å². The van der Waals surface area contributed by atoms with Crippen LogP contribution in [0.5, 0.6) is 11.5 Å². The molecule has 0 saturated heterocycles. The monoisotopic (exact) mass is 377 g/mol. The van der Waals surface area contributed by atoms with Crippen LogP contribution in [-0.2, 0) is 20.7 Å². The fourth-order valence-corrected chi connectivity index (χ4v) is 3.31. The third kappa shape index (κ3) is 4.80. The molecule has 0 spiro atoms. The number of amides is 1. The average Bonchev–Trinajstić information content (AvgIpc) is 2.66. The summed E-state index contributed by atoms with van der Waals surface area (Å²) < 4.78 is 16.3. The van der Waals surface area contributed by atoms with Gasteiger partial charge in [0.05, 0.1) is 33.3 Å². The summed E-state index contributed by atoms with van der Waals surface area (Å²) in [5.41, 5.74) is 1.73. The lowest BCUT2D eigenvalue weighted by molar-refractivity contribution is -0.148. The van der Waals surface area contributed by atoms with Gasteiger partial charge in [-0.25, -0.2) is 0 Å². The van der Waals surface area contributed by atoms with Gasteiger partial charge in [-0.3, -0.25) is 9.59 Å². The van der Waals surface area contributed by atoms with Gasteiger partial charge >= 0.3 is 5.97 Å². The van der Waals surface area contributed by atoms with Crippen LogP contribution in [0.4, 0.5) is 0 Å². The number of aliphatic carboxylic acids is 1. The van der Waals surface area contributed by atoms with E-state index in [0.29, 0.717) is 37.5 Å². The van der Waals surface area contributed by atoms with Gasteiger partial charge in [0.2, 0.25) is 0 Å². The summed E-state index contributed by atoms with van der Waals surface area (Å²) in [6.45, 7) is 6.14. The number of ether oxygens (including phenoxy) is 3. The van der Waals surface area contributed by atoms with Crippen molar-refractivity contribution >= 4 is 11.9 Å². The number of methoxy groups -OCH3 is 2. The lowest BCUT2D eigenvalue weighted by Crippen LogP contribution is -2.45. The first-order valence-electron chi connectivity index (χ1n) is 8.92. The van der Waals surface area contributed by atoms with Crippen molar-refractivity contribution in [1.82, 2.24) is 4.90 Å². The number of benzene rings is 1. The Balaban J connectivity index is 2.33. The van der Waals surface area contributed by atoms with Crippen LogP contribution in [0.3, 0.4) is 0 Å². The van der Waals surface area contributed by atoms with Gasteiger partial charge in [-0.05, 0) is 43.0 Å². The smallest absolute Gasteiger partial charge is 0.305 e. The largest absolute Gasteiger partial charge is 0.493 e. The molecule has 0 aromatic heterocycles. The maximum atomic E-state index is 12.9. The standard InChI is InChI=1S/C20H27NO6/c1-5-6-9-27-13(2)20(24)21-8-7-14-10-17(25-3)18(26-4)11-15(14)16(21)12-19(22)23/h5,10-11,13,16H,1,6-9,12H2,2-4H3,(H,22,23). The highest BCUT2D eigenvalue weighted by atomic mass is 16.5. The van der Waals surface area contributed by atoms with Crippen molar-refractivity contribution < 1.29 is 28.9 Å². The highest BCUT2D eigenvalue weighted by Gasteiger charge is 2.35. The molecule has 1 aromatic rings. The van der Waals surface area contributed by atoms with Crippen molar-refractivity contribution in [1.29, 1.82) is 0 Å². The van der Waals surface area contributed by atoms with E-state index in [1.807, 2.05) is 6.07 Å². The van der Waals surface area contributed by atoms with E-state index < -0.39 is 18.1 Å². The van der Waals surface area contributed by atoms with Gasteiger partial charge in [0.15, 0.2) is 11.5 Å². The van der Waals surface area contributed by atoms with Crippen LogP contribution in [0.25, 0.3) is 0 Å². The number of carbonyl (C=O) groups excluding carboxylic acids is 1. The Morgan fingerprint density at radius 1 is 1.33 bits per heavy atom. The predicted octanol–water partition coefficient (Wildman–Crippen LogP) is 2.59. The molecule has 0 aliphatic carbocycles. The first-order chi connectivity index (χ1) is 12.9. The first kappa shape index (κ1) is 20.8. The summed E-state index contributed by atoms with van der Waals surface area (Å²) in [6, 6.07) is 3.04. The van der Waals surface area contributed by atoms with Crippen LogP contribution in [0.15, 0.2) is 24.8 Å². The molecular weight excluding hydrogens is 350 g/mol. The second-order valence-electron chi connectivity index (χ2n) is 6.39. The average molecular weight is 377 g/mol. The highest BCUT2D eigenvalue weighted by Crippen LogP contribution is 2.39. The zero-order valence-corrected chi connectivity index (χ0v) is 16.1. The van der Waals surface area contributed by atoms with E-state index >= 15 is 0 Å². The van der Waals surface area contributed by atoms with Gasteiger partial charge in [0.1, 0.15) is 6.10 Å². The van der Waals surface area contributed by atoms with E-state index in [0.717, 1.165) is 11.1 Å². The van der Waals surface area contributed by atoms with E-state index in [4.69, 9.17) is 14.2 Å². The van der Waals surface area contributed by atoms with Crippen molar-refractivity contribution in [2.75, 3.05) is 27.4 Å². The summed E-state index contributed by atoms with van der Waals surface area (Å²) in [7, 11) is 3.08. The summed E-state index contributed by atoms with van der Waals surface area (Å²) in [5.74, 6) is -0.0890. The second-order valence-corrected chi connectivity index (χ2v) is 6.39. The van der Waals surface area contributed by atoms with E-state index in [1.165, 1.54) is 7.11 Å². The molecule has 0 fully saturated rings. The van der Waals surface area contributed by atoms with Gasteiger partial charge in [-0.1, -0.05) is 6.08 Å². The molecule has 1 N–H and O–H groups in total. The van der Waals surface area contributed by atoms with Crippen LogP contribution in [0, 0.1) is 0 Å². The molecule has 27 heavy (non-hydrogen) atoms. The Morgan fingerprint density at radius 3 is 2.59 bits per heavy atom. The molecule has 2 unspecified atom stereocenters. The zero-order valence-electron chi connectivity index (χ0n) is 16.1. The number of hydrogen-bond donors (Lipinski definition) is 1. The van der Waals surface area contributed by atoms with Gasteiger partial charge in [0.25, 0.3) is 5.91 Å². The molecule has 1 aliphatic heterocycles. The van der Waals surface area contributed by atoms with E-state index in [2.05, 4.69) is 6.58 Å². The summed E-state index contributed by atoms with van der Waals surface area (Å²) >= 11 is 0. The Bertz CT molecular complexity index is 702. The molecular formula is C20H27NO6. The quantitative estimate of drug-likeness (QED) is 0.526. The summed E-state index contributed by atoms with van der Waals surface area (Å²) in [6.07, 6.45) is 2.14. The Hall–Kier alpha value is -2.54. The SMILES string of the molecule is C=CCCOC(C)C(=O)N1CCc2cc(OC)c(OC)cc2C1CC(=O)O. The Kier molecular flexibility index (Phi) is 7.24. The van der Waals surface area contributed by atoms with Crippen molar-refractivity contribution in [3.63, 3.8) is 0 Å². The van der Waals surface area contributed by atoms with E-state index in [9.17, 15) is 14.7 Å². The molecule has 1 heterocycles. The molecule has 148 valence electrons. The fraction of sp³-hybridized carbons (Fsp3) is 0.500. The van der Waals surface area contributed by atoms with E-state index in [-0.39, 0.29) is 12.3 Å². The van der Waals surface area contributed by atoms with Crippen molar-refractivity contribution in [2.24, 2.45) is 0 Å². The number of hydrogen-bond acceptors (Lipinski definition) is 5. The van der Waals surface area contributed by atoms with Gasteiger partial charge in [-0.15, -0.1) is 6.58 Å². The third-order valence-electron chi connectivity index (χ3n) is 4.69.